The van der Waals surface area contributed by atoms with Gasteiger partial charge in [-0.05, 0) is 42.7 Å². The molecule has 7 heteroatoms. The molecule has 0 aliphatic carbocycles. The average Bonchev–Trinajstić information content (AvgIpc) is 2.71. The first-order valence-corrected chi connectivity index (χ1v) is 11.1. The summed E-state index contributed by atoms with van der Waals surface area (Å²) in [6.07, 6.45) is 0.503. The van der Waals surface area contributed by atoms with Crippen LogP contribution in [-0.4, -0.2) is 35.1 Å². The fourth-order valence-electron chi connectivity index (χ4n) is 2.94. The van der Waals surface area contributed by atoms with Crippen LogP contribution in [0, 0.1) is 5.82 Å². The second kappa shape index (κ2) is 11.8. The average molecular weight is 437 g/mol. The van der Waals surface area contributed by atoms with Crippen molar-refractivity contribution in [2.45, 2.75) is 38.6 Å². The van der Waals surface area contributed by atoms with Crippen LogP contribution in [0.4, 0.5) is 4.39 Å². The maximum Gasteiger partial charge on any atom is 0.242 e. The van der Waals surface area contributed by atoms with Gasteiger partial charge in [0.05, 0.1) is 5.75 Å². The zero-order chi connectivity index (χ0) is 21.2. The summed E-state index contributed by atoms with van der Waals surface area (Å²) >= 11 is 7.29. The van der Waals surface area contributed by atoms with Gasteiger partial charge in [-0.3, -0.25) is 9.59 Å². The molecular formula is C22H26ClFN2O2S. The lowest BCUT2D eigenvalue weighted by Gasteiger charge is -2.30. The van der Waals surface area contributed by atoms with Gasteiger partial charge in [0.2, 0.25) is 11.8 Å². The van der Waals surface area contributed by atoms with Crippen LogP contribution in [0.3, 0.4) is 0 Å². The molecule has 0 aliphatic rings. The van der Waals surface area contributed by atoms with E-state index >= 15 is 0 Å². The van der Waals surface area contributed by atoms with E-state index in [2.05, 4.69) is 5.32 Å². The van der Waals surface area contributed by atoms with E-state index in [0.29, 0.717) is 35.8 Å². The molecule has 2 amide bonds. The van der Waals surface area contributed by atoms with Crippen molar-refractivity contribution >= 4 is 35.2 Å². The number of nitrogens with zero attached hydrogens (tertiary/aromatic N) is 1. The third kappa shape index (κ3) is 7.05. The SMILES string of the molecule is CCNC(=O)[C@@H](CC)N(Cc1ccc(Cl)cc1)C(=O)CSCc1ccccc1F. The Labute approximate surface area is 180 Å². The third-order valence-corrected chi connectivity index (χ3v) is 5.66. The van der Waals surface area contributed by atoms with E-state index < -0.39 is 6.04 Å². The van der Waals surface area contributed by atoms with Crippen LogP contribution in [0.15, 0.2) is 48.5 Å². The Morgan fingerprint density at radius 1 is 1.14 bits per heavy atom. The summed E-state index contributed by atoms with van der Waals surface area (Å²) in [5.41, 5.74) is 1.45. The van der Waals surface area contributed by atoms with Crippen LogP contribution in [0.25, 0.3) is 0 Å². The maximum atomic E-state index is 13.8. The molecule has 2 rings (SSSR count). The van der Waals surface area contributed by atoms with Crippen LogP contribution >= 0.6 is 23.4 Å². The molecule has 156 valence electrons. The van der Waals surface area contributed by atoms with Gasteiger partial charge in [-0.1, -0.05) is 48.9 Å². The van der Waals surface area contributed by atoms with Gasteiger partial charge in [0.1, 0.15) is 11.9 Å². The minimum absolute atomic E-state index is 0.153. The van der Waals surface area contributed by atoms with Gasteiger partial charge in [0.25, 0.3) is 0 Å². The van der Waals surface area contributed by atoms with Crippen molar-refractivity contribution in [3.8, 4) is 0 Å². The van der Waals surface area contributed by atoms with Gasteiger partial charge in [-0.15, -0.1) is 11.8 Å². The standard InChI is InChI=1S/C22H26ClFN2O2S/c1-3-20(22(28)25-4-2)26(13-16-9-11-18(23)12-10-16)21(27)15-29-14-17-7-5-6-8-19(17)24/h5-12,20H,3-4,13-15H2,1-2H3,(H,25,28)/t20-/m1/s1. The summed E-state index contributed by atoms with van der Waals surface area (Å²) in [5, 5.41) is 3.42. The Morgan fingerprint density at radius 2 is 1.83 bits per heavy atom. The Balaban J connectivity index is 2.11. The number of thioether (sulfide) groups is 1. The minimum atomic E-state index is -0.563. The Morgan fingerprint density at radius 3 is 2.45 bits per heavy atom. The first-order chi connectivity index (χ1) is 14.0. The summed E-state index contributed by atoms with van der Waals surface area (Å²) in [6, 6.07) is 13.2. The Hall–Kier alpha value is -2.05. The van der Waals surface area contributed by atoms with Crippen LogP contribution in [0.1, 0.15) is 31.4 Å². The summed E-state index contributed by atoms with van der Waals surface area (Å²) in [6.45, 7) is 4.54. The van der Waals surface area contributed by atoms with Crippen molar-refractivity contribution in [3.05, 3.63) is 70.5 Å². The highest BCUT2D eigenvalue weighted by molar-refractivity contribution is 7.99. The monoisotopic (exact) mass is 436 g/mol. The van der Waals surface area contributed by atoms with E-state index in [4.69, 9.17) is 11.6 Å². The number of hydrogen-bond donors (Lipinski definition) is 1. The number of hydrogen-bond acceptors (Lipinski definition) is 3. The lowest BCUT2D eigenvalue weighted by molar-refractivity contribution is -0.139. The maximum absolute atomic E-state index is 13.8. The van der Waals surface area contributed by atoms with E-state index in [0.717, 1.165) is 5.56 Å². The predicted octanol–water partition coefficient (Wildman–Crippen LogP) is 4.66. The van der Waals surface area contributed by atoms with Crippen molar-refractivity contribution in [2.24, 2.45) is 0 Å². The first kappa shape index (κ1) is 23.2. The quantitative estimate of drug-likeness (QED) is 0.589. The van der Waals surface area contributed by atoms with E-state index in [-0.39, 0.29) is 23.4 Å². The zero-order valence-corrected chi connectivity index (χ0v) is 18.2. The van der Waals surface area contributed by atoms with Crippen LogP contribution in [-0.2, 0) is 21.9 Å². The van der Waals surface area contributed by atoms with Crippen molar-refractivity contribution in [1.82, 2.24) is 10.2 Å². The number of carbonyl (C=O) groups excluding carboxylic acids is 2. The van der Waals surface area contributed by atoms with Crippen LogP contribution in [0.2, 0.25) is 5.02 Å². The van der Waals surface area contributed by atoms with E-state index in [1.807, 2.05) is 26.0 Å². The molecule has 0 bridgehead atoms. The molecule has 2 aromatic carbocycles. The number of rotatable bonds is 10. The molecule has 0 aromatic heterocycles. The lowest BCUT2D eigenvalue weighted by Crippen LogP contribution is -2.49. The first-order valence-electron chi connectivity index (χ1n) is 9.59. The Kier molecular flexibility index (Phi) is 9.48. The summed E-state index contributed by atoms with van der Waals surface area (Å²) in [4.78, 5) is 27.1. The van der Waals surface area contributed by atoms with Gasteiger partial charge in [-0.2, -0.15) is 0 Å². The van der Waals surface area contributed by atoms with Gasteiger partial charge < -0.3 is 10.2 Å². The molecule has 0 heterocycles. The number of halogens is 2. The topological polar surface area (TPSA) is 49.4 Å². The summed E-state index contributed by atoms with van der Waals surface area (Å²) < 4.78 is 13.8. The molecule has 0 saturated heterocycles. The fourth-order valence-corrected chi connectivity index (χ4v) is 3.97. The molecule has 1 N–H and O–H groups in total. The second-order valence-electron chi connectivity index (χ2n) is 6.55. The Bertz CT molecular complexity index is 817. The van der Waals surface area contributed by atoms with Crippen molar-refractivity contribution in [2.75, 3.05) is 12.3 Å². The lowest BCUT2D eigenvalue weighted by atomic mass is 10.1. The molecule has 0 spiro atoms. The number of likely N-dealkylation sites (N-methyl/N-ethyl adjacent to an activating group) is 1. The molecule has 29 heavy (non-hydrogen) atoms. The summed E-state index contributed by atoms with van der Waals surface area (Å²) in [7, 11) is 0. The minimum Gasteiger partial charge on any atom is -0.355 e. The van der Waals surface area contributed by atoms with E-state index in [1.54, 1.807) is 35.2 Å². The highest BCUT2D eigenvalue weighted by Crippen LogP contribution is 2.19. The fraction of sp³-hybridized carbons (Fsp3) is 0.364. The van der Waals surface area contributed by atoms with E-state index in [9.17, 15) is 14.0 Å². The number of carbonyl (C=O) groups is 2. The van der Waals surface area contributed by atoms with Crippen molar-refractivity contribution in [1.29, 1.82) is 0 Å². The smallest absolute Gasteiger partial charge is 0.242 e. The molecule has 0 unspecified atom stereocenters. The zero-order valence-electron chi connectivity index (χ0n) is 16.7. The molecule has 2 aromatic rings. The highest BCUT2D eigenvalue weighted by atomic mass is 35.5. The highest BCUT2D eigenvalue weighted by Gasteiger charge is 2.28. The number of benzene rings is 2. The van der Waals surface area contributed by atoms with Crippen molar-refractivity contribution in [3.63, 3.8) is 0 Å². The molecular weight excluding hydrogens is 411 g/mol. The van der Waals surface area contributed by atoms with E-state index in [1.165, 1.54) is 17.8 Å². The normalized spacial score (nSPS) is 11.7. The van der Waals surface area contributed by atoms with Crippen molar-refractivity contribution < 1.29 is 14.0 Å². The van der Waals surface area contributed by atoms with Gasteiger partial charge >= 0.3 is 0 Å². The van der Waals surface area contributed by atoms with Crippen LogP contribution in [0.5, 0.6) is 0 Å². The molecule has 0 fully saturated rings. The third-order valence-electron chi connectivity index (χ3n) is 4.44. The summed E-state index contributed by atoms with van der Waals surface area (Å²) in [5.74, 6) is -0.0433. The van der Waals surface area contributed by atoms with Gasteiger partial charge in [0, 0.05) is 23.9 Å². The van der Waals surface area contributed by atoms with Gasteiger partial charge in [-0.25, -0.2) is 4.39 Å². The molecule has 1 atom stereocenters. The molecule has 0 saturated carbocycles. The second-order valence-corrected chi connectivity index (χ2v) is 7.97. The predicted molar refractivity (Wildman–Crippen MR) is 117 cm³/mol. The number of amides is 2. The largest absolute Gasteiger partial charge is 0.355 e. The molecule has 0 aliphatic heterocycles. The molecule has 4 nitrogen and oxygen atoms in total. The van der Waals surface area contributed by atoms with Crippen LogP contribution < -0.4 is 5.32 Å². The van der Waals surface area contributed by atoms with Gasteiger partial charge in [0.15, 0.2) is 0 Å². The number of nitrogens with one attached hydrogen (secondary N) is 1. The molecule has 0 radical (unpaired) electrons.